The molecular formula is C15H23NO. The molecule has 17 heavy (non-hydrogen) atoms. The molecule has 0 amide bonds. The van der Waals surface area contributed by atoms with Crippen molar-refractivity contribution >= 4 is 0 Å². The molecule has 1 aromatic rings. The summed E-state index contributed by atoms with van der Waals surface area (Å²) in [5.41, 5.74) is 8.85. The minimum atomic E-state index is 0.163. The van der Waals surface area contributed by atoms with Crippen molar-refractivity contribution in [3.8, 4) is 5.75 Å². The summed E-state index contributed by atoms with van der Waals surface area (Å²) in [6, 6.07) is 6.50. The lowest BCUT2D eigenvalue weighted by molar-refractivity contribution is 0.374. The number of hydrogen-bond acceptors (Lipinski definition) is 2. The van der Waals surface area contributed by atoms with Crippen LogP contribution in [0.1, 0.15) is 43.7 Å². The molecule has 0 radical (unpaired) electrons. The van der Waals surface area contributed by atoms with E-state index >= 15 is 0 Å². The summed E-state index contributed by atoms with van der Waals surface area (Å²) in [5, 5.41) is 0. The Kier molecular flexibility index (Phi) is 3.72. The Bertz CT molecular complexity index is 381. The van der Waals surface area contributed by atoms with E-state index in [0.717, 1.165) is 18.7 Å². The van der Waals surface area contributed by atoms with E-state index in [9.17, 15) is 0 Å². The van der Waals surface area contributed by atoms with Crippen LogP contribution < -0.4 is 10.5 Å². The second kappa shape index (κ2) is 5.09. The number of aryl methyl sites for hydroxylation is 1. The van der Waals surface area contributed by atoms with Gasteiger partial charge in [0.2, 0.25) is 0 Å². The Labute approximate surface area is 104 Å². The van der Waals surface area contributed by atoms with Crippen LogP contribution in [0.2, 0.25) is 0 Å². The van der Waals surface area contributed by atoms with Crippen LogP contribution in [0.3, 0.4) is 0 Å². The van der Waals surface area contributed by atoms with Crippen LogP contribution in [0.25, 0.3) is 0 Å². The van der Waals surface area contributed by atoms with Crippen molar-refractivity contribution in [2.24, 2.45) is 5.73 Å². The third-order valence-corrected chi connectivity index (χ3v) is 4.20. The SMILES string of the molecule is CCc1cccc(C2(CN)CCCC2)c1OC. The van der Waals surface area contributed by atoms with Crippen LogP contribution in [-0.2, 0) is 11.8 Å². The van der Waals surface area contributed by atoms with Gasteiger partial charge in [-0.25, -0.2) is 0 Å². The molecule has 2 N–H and O–H groups in total. The first-order chi connectivity index (χ1) is 8.27. The van der Waals surface area contributed by atoms with E-state index in [1.807, 2.05) is 0 Å². The van der Waals surface area contributed by atoms with Crippen LogP contribution in [0.15, 0.2) is 18.2 Å². The summed E-state index contributed by atoms with van der Waals surface area (Å²) in [6.07, 6.45) is 5.99. The molecular weight excluding hydrogens is 210 g/mol. The number of para-hydroxylation sites is 1. The van der Waals surface area contributed by atoms with Crippen molar-refractivity contribution in [1.82, 2.24) is 0 Å². The molecule has 0 aromatic heterocycles. The first kappa shape index (κ1) is 12.4. The van der Waals surface area contributed by atoms with Gasteiger partial charge in [-0.2, -0.15) is 0 Å². The van der Waals surface area contributed by atoms with Gasteiger partial charge in [0.25, 0.3) is 0 Å². The van der Waals surface area contributed by atoms with Crippen molar-refractivity contribution in [3.05, 3.63) is 29.3 Å². The number of benzene rings is 1. The summed E-state index contributed by atoms with van der Waals surface area (Å²) in [6.45, 7) is 2.90. The van der Waals surface area contributed by atoms with Crippen molar-refractivity contribution in [1.29, 1.82) is 0 Å². The third kappa shape index (κ3) is 2.06. The summed E-state index contributed by atoms with van der Waals surface area (Å²) in [4.78, 5) is 0. The number of hydrogen-bond donors (Lipinski definition) is 1. The molecule has 2 nitrogen and oxygen atoms in total. The highest BCUT2D eigenvalue weighted by Gasteiger charge is 2.36. The summed E-state index contributed by atoms with van der Waals surface area (Å²) in [5.74, 6) is 1.07. The Morgan fingerprint density at radius 3 is 2.53 bits per heavy atom. The molecule has 0 saturated heterocycles. The first-order valence-electron chi connectivity index (χ1n) is 6.64. The minimum absolute atomic E-state index is 0.163. The lowest BCUT2D eigenvalue weighted by Crippen LogP contribution is -2.32. The molecule has 1 aliphatic carbocycles. The van der Waals surface area contributed by atoms with Gasteiger partial charge < -0.3 is 10.5 Å². The van der Waals surface area contributed by atoms with Crippen molar-refractivity contribution in [2.45, 2.75) is 44.4 Å². The largest absolute Gasteiger partial charge is 0.496 e. The highest BCUT2D eigenvalue weighted by molar-refractivity contribution is 5.46. The number of nitrogens with two attached hydrogens (primary N) is 1. The normalized spacial score (nSPS) is 18.3. The molecule has 0 atom stereocenters. The van der Waals surface area contributed by atoms with Gasteiger partial charge in [-0.15, -0.1) is 0 Å². The Balaban J connectivity index is 2.49. The predicted molar refractivity (Wildman–Crippen MR) is 71.6 cm³/mol. The van der Waals surface area contributed by atoms with Gasteiger partial charge in [0, 0.05) is 17.5 Å². The standard InChI is InChI=1S/C15H23NO/c1-3-12-7-6-8-13(14(12)17-2)15(11-16)9-4-5-10-15/h6-8H,3-5,9-11,16H2,1-2H3. The van der Waals surface area contributed by atoms with Gasteiger partial charge in [-0.05, 0) is 24.8 Å². The van der Waals surface area contributed by atoms with Crippen molar-refractivity contribution in [2.75, 3.05) is 13.7 Å². The second-order valence-corrected chi connectivity index (χ2v) is 5.04. The quantitative estimate of drug-likeness (QED) is 0.867. The number of ether oxygens (including phenoxy) is 1. The Morgan fingerprint density at radius 1 is 1.29 bits per heavy atom. The topological polar surface area (TPSA) is 35.2 Å². The molecule has 0 heterocycles. The molecule has 2 rings (SSSR count). The van der Waals surface area contributed by atoms with E-state index in [4.69, 9.17) is 10.5 Å². The average Bonchev–Trinajstić information content (AvgIpc) is 2.87. The van der Waals surface area contributed by atoms with Gasteiger partial charge in [-0.1, -0.05) is 38.0 Å². The van der Waals surface area contributed by atoms with Crippen LogP contribution in [0, 0.1) is 0 Å². The van der Waals surface area contributed by atoms with E-state index in [0.29, 0.717) is 0 Å². The van der Waals surface area contributed by atoms with Gasteiger partial charge >= 0.3 is 0 Å². The van der Waals surface area contributed by atoms with Crippen LogP contribution in [-0.4, -0.2) is 13.7 Å². The van der Waals surface area contributed by atoms with Crippen molar-refractivity contribution < 1.29 is 4.74 Å². The first-order valence-corrected chi connectivity index (χ1v) is 6.64. The van der Waals surface area contributed by atoms with E-state index in [2.05, 4.69) is 25.1 Å². The van der Waals surface area contributed by atoms with Crippen LogP contribution in [0.4, 0.5) is 0 Å². The second-order valence-electron chi connectivity index (χ2n) is 5.04. The van der Waals surface area contributed by atoms with E-state index in [1.165, 1.54) is 36.8 Å². The molecule has 0 bridgehead atoms. The molecule has 0 unspecified atom stereocenters. The monoisotopic (exact) mass is 233 g/mol. The maximum atomic E-state index is 6.06. The summed E-state index contributed by atoms with van der Waals surface area (Å²) >= 11 is 0. The van der Waals surface area contributed by atoms with Crippen LogP contribution in [0.5, 0.6) is 5.75 Å². The fraction of sp³-hybridized carbons (Fsp3) is 0.600. The van der Waals surface area contributed by atoms with Gasteiger partial charge in [0.15, 0.2) is 0 Å². The number of methoxy groups -OCH3 is 1. The number of rotatable bonds is 4. The highest BCUT2D eigenvalue weighted by Crippen LogP contribution is 2.45. The fourth-order valence-electron chi connectivity index (χ4n) is 3.16. The molecule has 0 aliphatic heterocycles. The maximum Gasteiger partial charge on any atom is 0.125 e. The molecule has 0 spiro atoms. The van der Waals surface area contributed by atoms with Gasteiger partial charge in [-0.3, -0.25) is 0 Å². The lowest BCUT2D eigenvalue weighted by Gasteiger charge is -2.30. The minimum Gasteiger partial charge on any atom is -0.496 e. The molecule has 1 saturated carbocycles. The lowest BCUT2D eigenvalue weighted by atomic mass is 9.77. The molecule has 1 aliphatic rings. The Morgan fingerprint density at radius 2 is 2.00 bits per heavy atom. The van der Waals surface area contributed by atoms with E-state index < -0.39 is 0 Å². The molecule has 94 valence electrons. The van der Waals surface area contributed by atoms with Gasteiger partial charge in [0.1, 0.15) is 5.75 Å². The zero-order valence-corrected chi connectivity index (χ0v) is 11.0. The van der Waals surface area contributed by atoms with E-state index in [-0.39, 0.29) is 5.41 Å². The van der Waals surface area contributed by atoms with Crippen LogP contribution >= 0.6 is 0 Å². The molecule has 2 heteroatoms. The van der Waals surface area contributed by atoms with Crippen molar-refractivity contribution in [3.63, 3.8) is 0 Å². The summed E-state index contributed by atoms with van der Waals surface area (Å²) in [7, 11) is 1.77. The average molecular weight is 233 g/mol. The predicted octanol–water partition coefficient (Wildman–Crippen LogP) is 3.03. The zero-order chi connectivity index (χ0) is 12.3. The van der Waals surface area contributed by atoms with Gasteiger partial charge in [0.05, 0.1) is 7.11 Å². The Hall–Kier alpha value is -1.02. The highest BCUT2D eigenvalue weighted by atomic mass is 16.5. The maximum absolute atomic E-state index is 6.06. The molecule has 1 aromatic carbocycles. The smallest absolute Gasteiger partial charge is 0.125 e. The summed E-state index contributed by atoms with van der Waals surface area (Å²) < 4.78 is 5.65. The van der Waals surface area contributed by atoms with E-state index in [1.54, 1.807) is 7.11 Å². The molecule has 1 fully saturated rings. The fourth-order valence-corrected chi connectivity index (χ4v) is 3.16. The zero-order valence-electron chi connectivity index (χ0n) is 11.0. The third-order valence-electron chi connectivity index (χ3n) is 4.20.